The van der Waals surface area contributed by atoms with Crippen molar-refractivity contribution in [2.75, 3.05) is 5.32 Å². The Morgan fingerprint density at radius 2 is 1.55 bits per heavy atom. The standard InChI is InChI=1S/C24H20N2O3/c1-17(24(28)26-22-10-6-5-9-21(22)16-25)29-23(27)15-18-11-13-20(14-12-18)19-7-3-2-4-8-19/h2-14,17H,15H2,1H3,(H,26,28)/t17-/m0/s1. The van der Waals surface area contributed by atoms with Crippen LogP contribution in [0.15, 0.2) is 78.9 Å². The Morgan fingerprint density at radius 3 is 2.24 bits per heavy atom. The van der Waals surface area contributed by atoms with Crippen LogP contribution in [0, 0.1) is 11.3 Å². The van der Waals surface area contributed by atoms with E-state index in [0.29, 0.717) is 11.3 Å². The number of rotatable bonds is 6. The fraction of sp³-hybridized carbons (Fsp3) is 0.125. The quantitative estimate of drug-likeness (QED) is 0.641. The summed E-state index contributed by atoms with van der Waals surface area (Å²) >= 11 is 0. The van der Waals surface area contributed by atoms with Crippen molar-refractivity contribution in [1.82, 2.24) is 0 Å². The van der Waals surface area contributed by atoms with Gasteiger partial charge in [0.1, 0.15) is 6.07 Å². The number of carbonyl (C=O) groups excluding carboxylic acids is 2. The number of amides is 1. The van der Waals surface area contributed by atoms with Crippen LogP contribution in [-0.2, 0) is 20.7 Å². The van der Waals surface area contributed by atoms with E-state index in [2.05, 4.69) is 5.32 Å². The molecule has 0 unspecified atom stereocenters. The Morgan fingerprint density at radius 1 is 0.931 bits per heavy atom. The lowest BCUT2D eigenvalue weighted by Gasteiger charge is -2.14. The number of anilines is 1. The summed E-state index contributed by atoms with van der Waals surface area (Å²) in [5.41, 5.74) is 3.70. The topological polar surface area (TPSA) is 79.2 Å². The van der Waals surface area contributed by atoms with Crippen molar-refractivity contribution in [2.45, 2.75) is 19.4 Å². The van der Waals surface area contributed by atoms with Gasteiger partial charge in [0.05, 0.1) is 17.7 Å². The molecule has 0 fully saturated rings. The van der Waals surface area contributed by atoms with Crippen LogP contribution in [0.5, 0.6) is 0 Å². The normalized spacial score (nSPS) is 11.2. The van der Waals surface area contributed by atoms with Crippen molar-refractivity contribution in [3.05, 3.63) is 90.0 Å². The number of para-hydroxylation sites is 1. The summed E-state index contributed by atoms with van der Waals surface area (Å²) in [5, 5.41) is 11.7. The molecule has 3 aromatic rings. The molecule has 5 heteroatoms. The lowest BCUT2D eigenvalue weighted by Crippen LogP contribution is -2.30. The number of hydrogen-bond acceptors (Lipinski definition) is 4. The molecular formula is C24H20N2O3. The molecule has 0 aliphatic carbocycles. The number of hydrogen-bond donors (Lipinski definition) is 1. The molecule has 3 aromatic carbocycles. The van der Waals surface area contributed by atoms with Crippen molar-refractivity contribution < 1.29 is 14.3 Å². The molecule has 0 aliphatic rings. The van der Waals surface area contributed by atoms with E-state index < -0.39 is 18.0 Å². The molecule has 1 atom stereocenters. The molecule has 0 saturated heterocycles. The second-order valence-corrected chi connectivity index (χ2v) is 6.52. The third-order valence-corrected chi connectivity index (χ3v) is 4.39. The van der Waals surface area contributed by atoms with Gasteiger partial charge in [-0.05, 0) is 35.7 Å². The molecule has 144 valence electrons. The monoisotopic (exact) mass is 384 g/mol. The molecule has 1 amide bonds. The highest BCUT2D eigenvalue weighted by atomic mass is 16.5. The maximum atomic E-state index is 12.3. The Bertz CT molecular complexity index is 1040. The number of nitriles is 1. The van der Waals surface area contributed by atoms with Crippen LogP contribution < -0.4 is 5.32 Å². The third-order valence-electron chi connectivity index (χ3n) is 4.39. The van der Waals surface area contributed by atoms with Gasteiger partial charge in [0.2, 0.25) is 0 Å². The number of nitrogens with one attached hydrogen (secondary N) is 1. The third kappa shape index (κ3) is 5.30. The van der Waals surface area contributed by atoms with Crippen molar-refractivity contribution in [1.29, 1.82) is 5.26 Å². The predicted octanol–water partition coefficient (Wildman–Crippen LogP) is 4.34. The van der Waals surface area contributed by atoms with Crippen molar-refractivity contribution >= 4 is 17.6 Å². The van der Waals surface area contributed by atoms with Gasteiger partial charge in [0.15, 0.2) is 6.10 Å². The fourth-order valence-electron chi connectivity index (χ4n) is 2.83. The van der Waals surface area contributed by atoms with E-state index in [9.17, 15) is 9.59 Å². The van der Waals surface area contributed by atoms with E-state index >= 15 is 0 Å². The summed E-state index contributed by atoms with van der Waals surface area (Å²) in [6.07, 6.45) is -0.903. The molecule has 0 aromatic heterocycles. The van der Waals surface area contributed by atoms with Gasteiger partial charge in [0, 0.05) is 0 Å². The van der Waals surface area contributed by atoms with Crippen molar-refractivity contribution in [3.8, 4) is 17.2 Å². The molecule has 0 bridgehead atoms. The van der Waals surface area contributed by atoms with Gasteiger partial charge in [-0.2, -0.15) is 5.26 Å². The van der Waals surface area contributed by atoms with Crippen LogP contribution in [0.2, 0.25) is 0 Å². The summed E-state index contributed by atoms with van der Waals surface area (Å²) in [7, 11) is 0. The maximum absolute atomic E-state index is 12.3. The first-order chi connectivity index (χ1) is 14.1. The highest BCUT2D eigenvalue weighted by molar-refractivity contribution is 5.96. The number of carbonyl (C=O) groups is 2. The van der Waals surface area contributed by atoms with Gasteiger partial charge >= 0.3 is 5.97 Å². The molecule has 0 heterocycles. The zero-order valence-corrected chi connectivity index (χ0v) is 16.0. The van der Waals surface area contributed by atoms with E-state index in [1.165, 1.54) is 6.92 Å². The van der Waals surface area contributed by atoms with Crippen LogP contribution in [0.25, 0.3) is 11.1 Å². The summed E-state index contributed by atoms with van der Waals surface area (Å²) < 4.78 is 5.24. The summed E-state index contributed by atoms with van der Waals surface area (Å²) in [4.78, 5) is 24.5. The first kappa shape index (κ1) is 19.8. The van der Waals surface area contributed by atoms with E-state index in [4.69, 9.17) is 10.00 Å². The highest BCUT2D eigenvalue weighted by Crippen LogP contribution is 2.19. The first-order valence-electron chi connectivity index (χ1n) is 9.20. The Labute approximate surface area is 169 Å². The van der Waals surface area contributed by atoms with E-state index in [1.807, 2.05) is 60.7 Å². The summed E-state index contributed by atoms with van der Waals surface area (Å²) in [5.74, 6) is -0.978. The lowest BCUT2D eigenvalue weighted by molar-refractivity contribution is -0.152. The maximum Gasteiger partial charge on any atom is 0.311 e. The van der Waals surface area contributed by atoms with Gasteiger partial charge < -0.3 is 10.1 Å². The average Bonchev–Trinajstić information content (AvgIpc) is 2.75. The molecule has 0 spiro atoms. The van der Waals surface area contributed by atoms with Crippen LogP contribution >= 0.6 is 0 Å². The molecule has 5 nitrogen and oxygen atoms in total. The van der Waals surface area contributed by atoms with Crippen molar-refractivity contribution in [2.24, 2.45) is 0 Å². The highest BCUT2D eigenvalue weighted by Gasteiger charge is 2.19. The Kier molecular flexibility index (Phi) is 6.39. The van der Waals surface area contributed by atoms with E-state index in [-0.39, 0.29) is 6.42 Å². The second kappa shape index (κ2) is 9.34. The zero-order chi connectivity index (χ0) is 20.6. The number of ether oxygens (including phenoxy) is 1. The van der Waals surface area contributed by atoms with Crippen LogP contribution in [0.4, 0.5) is 5.69 Å². The molecule has 0 radical (unpaired) electrons. The smallest absolute Gasteiger partial charge is 0.311 e. The molecular weight excluding hydrogens is 364 g/mol. The van der Waals surface area contributed by atoms with Crippen LogP contribution in [0.3, 0.4) is 0 Å². The Balaban J connectivity index is 1.56. The largest absolute Gasteiger partial charge is 0.452 e. The summed E-state index contributed by atoms with van der Waals surface area (Å²) in [6.45, 7) is 1.50. The van der Waals surface area contributed by atoms with Crippen LogP contribution in [-0.4, -0.2) is 18.0 Å². The van der Waals surface area contributed by atoms with E-state index in [1.54, 1.807) is 24.3 Å². The molecule has 3 rings (SSSR count). The van der Waals surface area contributed by atoms with Crippen molar-refractivity contribution in [3.63, 3.8) is 0 Å². The predicted molar refractivity (Wildman–Crippen MR) is 111 cm³/mol. The van der Waals surface area contributed by atoms with Crippen LogP contribution in [0.1, 0.15) is 18.1 Å². The van der Waals surface area contributed by atoms with Gasteiger partial charge in [-0.3, -0.25) is 9.59 Å². The average molecular weight is 384 g/mol. The SMILES string of the molecule is C[C@H](OC(=O)Cc1ccc(-c2ccccc2)cc1)C(=O)Nc1ccccc1C#N. The fourth-order valence-corrected chi connectivity index (χ4v) is 2.83. The van der Waals surface area contributed by atoms with Gasteiger partial charge in [0.25, 0.3) is 5.91 Å². The minimum atomic E-state index is -0.974. The number of benzene rings is 3. The molecule has 29 heavy (non-hydrogen) atoms. The number of esters is 1. The summed E-state index contributed by atoms with van der Waals surface area (Å²) in [6, 6.07) is 26.3. The molecule has 0 saturated carbocycles. The second-order valence-electron chi connectivity index (χ2n) is 6.52. The first-order valence-corrected chi connectivity index (χ1v) is 9.20. The molecule has 0 aliphatic heterocycles. The van der Waals surface area contributed by atoms with Gasteiger partial charge in [-0.25, -0.2) is 0 Å². The number of nitrogens with zero attached hydrogens (tertiary/aromatic N) is 1. The minimum absolute atomic E-state index is 0.0709. The van der Waals surface area contributed by atoms with Gasteiger partial charge in [-0.15, -0.1) is 0 Å². The zero-order valence-electron chi connectivity index (χ0n) is 16.0. The Hall–Kier alpha value is -3.91. The minimum Gasteiger partial charge on any atom is -0.452 e. The lowest BCUT2D eigenvalue weighted by atomic mass is 10.0. The molecule has 1 N–H and O–H groups in total. The van der Waals surface area contributed by atoms with Gasteiger partial charge in [-0.1, -0.05) is 66.7 Å². The van der Waals surface area contributed by atoms with E-state index in [0.717, 1.165) is 16.7 Å².